The molecule has 1 aromatic carbocycles. The molecule has 2 aliphatic heterocycles. The maximum atomic E-state index is 12.5. The molecule has 4 rings (SSSR count). The number of nitrogens with one attached hydrogen (secondary N) is 1. The third kappa shape index (κ3) is 4.35. The van der Waals surface area contributed by atoms with E-state index in [2.05, 4.69) is 10.4 Å². The van der Waals surface area contributed by atoms with Gasteiger partial charge in [-0.2, -0.15) is 16.9 Å². The molecule has 3 heterocycles. The van der Waals surface area contributed by atoms with Crippen LogP contribution < -0.4 is 5.32 Å². The largest absolute Gasteiger partial charge is 0.310 e. The van der Waals surface area contributed by atoms with Gasteiger partial charge in [0.15, 0.2) is 9.84 Å². The Morgan fingerprint density at radius 2 is 2.11 bits per heavy atom. The standard InChI is InChI=1S/C18H21N3O3S3/c22-17(11-25-8-13-4-2-1-3-5-13)19-18-15-9-26-10-16(15)20-21(18)14-6-7-27(23,24)12-14/h1-5,14H,6-12H2,(H,19,22). The Bertz CT molecular complexity index is 942. The summed E-state index contributed by atoms with van der Waals surface area (Å²) in [5.74, 6) is 3.67. The fourth-order valence-electron chi connectivity index (χ4n) is 3.40. The predicted octanol–water partition coefficient (Wildman–Crippen LogP) is 2.86. The lowest BCUT2D eigenvalue weighted by Crippen LogP contribution is -2.21. The molecule has 6 nitrogen and oxygen atoms in total. The highest BCUT2D eigenvalue weighted by molar-refractivity contribution is 7.99. The van der Waals surface area contributed by atoms with Crippen molar-refractivity contribution < 1.29 is 13.2 Å². The van der Waals surface area contributed by atoms with Gasteiger partial charge in [-0.25, -0.2) is 13.1 Å². The maximum absolute atomic E-state index is 12.5. The molecule has 1 N–H and O–H groups in total. The molecule has 0 spiro atoms. The summed E-state index contributed by atoms with van der Waals surface area (Å²) in [6.45, 7) is 0. The van der Waals surface area contributed by atoms with Crippen LogP contribution in [0.2, 0.25) is 0 Å². The summed E-state index contributed by atoms with van der Waals surface area (Å²) in [4.78, 5) is 12.5. The number of carbonyl (C=O) groups excluding carboxylic acids is 1. The van der Waals surface area contributed by atoms with Crippen LogP contribution in [-0.2, 0) is 31.9 Å². The monoisotopic (exact) mass is 423 g/mol. The van der Waals surface area contributed by atoms with Gasteiger partial charge in [-0.15, -0.1) is 11.8 Å². The zero-order valence-corrected chi connectivity index (χ0v) is 17.2. The zero-order chi connectivity index (χ0) is 18.9. The lowest BCUT2D eigenvalue weighted by atomic mass is 10.2. The summed E-state index contributed by atoms with van der Waals surface area (Å²) in [5, 5.41) is 7.64. The summed E-state index contributed by atoms with van der Waals surface area (Å²) in [6, 6.07) is 9.87. The quantitative estimate of drug-likeness (QED) is 0.769. The van der Waals surface area contributed by atoms with Crippen molar-refractivity contribution in [2.45, 2.75) is 29.7 Å². The molecule has 1 fully saturated rings. The smallest absolute Gasteiger partial charge is 0.235 e. The Morgan fingerprint density at radius 1 is 1.30 bits per heavy atom. The summed E-state index contributed by atoms with van der Waals surface area (Å²) >= 11 is 3.33. The Balaban J connectivity index is 1.44. The van der Waals surface area contributed by atoms with Gasteiger partial charge >= 0.3 is 0 Å². The number of rotatable bonds is 6. The summed E-state index contributed by atoms with van der Waals surface area (Å²) < 4.78 is 25.5. The first-order valence-corrected chi connectivity index (χ1v) is 12.9. The second-order valence-corrected chi connectivity index (χ2v) is 11.0. The Morgan fingerprint density at radius 3 is 2.85 bits per heavy atom. The molecular weight excluding hydrogens is 402 g/mol. The van der Waals surface area contributed by atoms with E-state index in [0.29, 0.717) is 18.0 Å². The summed E-state index contributed by atoms with van der Waals surface area (Å²) in [6.07, 6.45) is 0.557. The molecule has 1 amide bonds. The molecule has 9 heteroatoms. The fourth-order valence-corrected chi connectivity index (χ4v) is 6.92. The number of aromatic nitrogens is 2. The van der Waals surface area contributed by atoms with Crippen LogP contribution in [0, 0.1) is 0 Å². The molecule has 27 heavy (non-hydrogen) atoms. The second-order valence-electron chi connectivity index (χ2n) is 6.79. The average Bonchev–Trinajstić information content (AvgIpc) is 3.31. The fraction of sp³-hybridized carbons (Fsp3) is 0.444. The lowest BCUT2D eigenvalue weighted by Gasteiger charge is -2.15. The number of nitrogens with zero attached hydrogens (tertiary/aromatic N) is 2. The molecule has 0 aliphatic carbocycles. The highest BCUT2D eigenvalue weighted by Gasteiger charge is 2.34. The first-order valence-electron chi connectivity index (χ1n) is 8.82. The first kappa shape index (κ1) is 18.9. The number of carbonyl (C=O) groups is 1. The number of sulfone groups is 1. The van der Waals surface area contributed by atoms with E-state index in [9.17, 15) is 13.2 Å². The van der Waals surface area contributed by atoms with Crippen LogP contribution in [0.25, 0.3) is 0 Å². The summed E-state index contributed by atoms with van der Waals surface area (Å²) in [7, 11) is -3.01. The minimum atomic E-state index is -3.01. The van der Waals surface area contributed by atoms with Crippen molar-refractivity contribution >= 4 is 45.1 Å². The van der Waals surface area contributed by atoms with Gasteiger partial charge in [0.25, 0.3) is 0 Å². The third-order valence-corrected chi connectivity index (χ3v) is 8.46. The van der Waals surface area contributed by atoms with Crippen LogP contribution in [-0.4, -0.2) is 41.4 Å². The van der Waals surface area contributed by atoms with Crippen LogP contribution in [0.3, 0.4) is 0 Å². The van der Waals surface area contributed by atoms with Crippen molar-refractivity contribution in [3.63, 3.8) is 0 Å². The van der Waals surface area contributed by atoms with E-state index >= 15 is 0 Å². The third-order valence-electron chi connectivity index (χ3n) is 4.73. The molecule has 1 saturated heterocycles. The van der Waals surface area contributed by atoms with Crippen LogP contribution in [0.15, 0.2) is 30.3 Å². The van der Waals surface area contributed by atoms with Gasteiger partial charge in [-0.05, 0) is 12.0 Å². The van der Waals surface area contributed by atoms with Gasteiger partial charge in [0, 0.05) is 22.8 Å². The molecule has 2 aromatic rings. The van der Waals surface area contributed by atoms with Crippen molar-refractivity contribution in [2.75, 3.05) is 22.6 Å². The van der Waals surface area contributed by atoms with E-state index in [4.69, 9.17) is 0 Å². The maximum Gasteiger partial charge on any atom is 0.235 e. The van der Waals surface area contributed by atoms with Gasteiger partial charge < -0.3 is 5.32 Å². The second kappa shape index (κ2) is 7.89. The van der Waals surface area contributed by atoms with Gasteiger partial charge in [0.05, 0.1) is 29.0 Å². The molecule has 0 bridgehead atoms. The van der Waals surface area contributed by atoms with Crippen molar-refractivity contribution in [1.82, 2.24) is 9.78 Å². The van der Waals surface area contributed by atoms with Crippen LogP contribution >= 0.6 is 23.5 Å². The van der Waals surface area contributed by atoms with Gasteiger partial charge in [0.1, 0.15) is 5.82 Å². The van der Waals surface area contributed by atoms with E-state index in [-0.39, 0.29) is 23.5 Å². The van der Waals surface area contributed by atoms with E-state index in [1.54, 1.807) is 28.2 Å². The topological polar surface area (TPSA) is 81.1 Å². The molecule has 1 aromatic heterocycles. The SMILES string of the molecule is O=C(CSCc1ccccc1)Nc1c2c(nn1C1CCS(=O)(=O)C1)CSC2. The summed E-state index contributed by atoms with van der Waals surface area (Å²) in [5.41, 5.74) is 3.20. The molecule has 0 radical (unpaired) electrons. The molecule has 1 unspecified atom stereocenters. The van der Waals surface area contributed by atoms with E-state index in [1.165, 1.54) is 5.56 Å². The number of hydrogen-bond donors (Lipinski definition) is 1. The first-order chi connectivity index (χ1) is 13.0. The van der Waals surface area contributed by atoms with Gasteiger partial charge in [-0.1, -0.05) is 30.3 Å². The van der Waals surface area contributed by atoms with E-state index < -0.39 is 9.84 Å². The van der Waals surface area contributed by atoms with Crippen LogP contribution in [0.5, 0.6) is 0 Å². The number of thioether (sulfide) groups is 2. The molecule has 0 saturated carbocycles. The molecule has 2 aliphatic rings. The van der Waals surface area contributed by atoms with Crippen molar-refractivity contribution in [3.8, 4) is 0 Å². The number of benzene rings is 1. The van der Waals surface area contributed by atoms with Crippen molar-refractivity contribution in [1.29, 1.82) is 0 Å². The lowest BCUT2D eigenvalue weighted by molar-refractivity contribution is -0.113. The molecule has 144 valence electrons. The normalized spacial score (nSPS) is 20.5. The number of hydrogen-bond acceptors (Lipinski definition) is 6. The van der Waals surface area contributed by atoms with E-state index in [0.717, 1.165) is 28.5 Å². The van der Waals surface area contributed by atoms with Crippen LogP contribution in [0.4, 0.5) is 5.82 Å². The van der Waals surface area contributed by atoms with Gasteiger partial charge in [-0.3, -0.25) is 4.79 Å². The minimum absolute atomic E-state index is 0.0716. The molecular formula is C18H21N3O3S3. The number of amides is 1. The Hall–Kier alpha value is -1.45. The van der Waals surface area contributed by atoms with Crippen molar-refractivity contribution in [3.05, 3.63) is 47.2 Å². The zero-order valence-electron chi connectivity index (χ0n) is 14.8. The minimum Gasteiger partial charge on any atom is -0.310 e. The Kier molecular flexibility index (Phi) is 5.52. The van der Waals surface area contributed by atoms with Crippen LogP contribution in [0.1, 0.15) is 29.3 Å². The highest BCUT2D eigenvalue weighted by atomic mass is 32.2. The Labute approximate surface area is 167 Å². The van der Waals surface area contributed by atoms with E-state index in [1.807, 2.05) is 30.3 Å². The van der Waals surface area contributed by atoms with Crippen molar-refractivity contribution in [2.24, 2.45) is 0 Å². The predicted molar refractivity (Wildman–Crippen MR) is 111 cm³/mol. The highest BCUT2D eigenvalue weighted by Crippen LogP contribution is 2.38. The average molecular weight is 424 g/mol. The number of anilines is 1. The van der Waals surface area contributed by atoms with Gasteiger partial charge in [0.2, 0.25) is 5.91 Å². The number of fused-ring (bicyclic) bond motifs is 1. The molecule has 1 atom stereocenters.